The van der Waals surface area contributed by atoms with Crippen molar-refractivity contribution in [2.75, 3.05) is 10.8 Å². The average molecular weight is 563 g/mol. The van der Waals surface area contributed by atoms with E-state index in [1.165, 1.54) is 29.3 Å². The highest BCUT2D eigenvalue weighted by Gasteiger charge is 2.27. The van der Waals surface area contributed by atoms with Crippen molar-refractivity contribution < 1.29 is 13.2 Å². The van der Waals surface area contributed by atoms with Crippen LogP contribution in [0.3, 0.4) is 0 Å². The first-order valence-electron chi connectivity index (χ1n) is 12.4. The topological polar surface area (TPSA) is 83.8 Å². The second-order valence-electron chi connectivity index (χ2n) is 9.48. The van der Waals surface area contributed by atoms with Crippen molar-refractivity contribution in [1.29, 1.82) is 0 Å². The number of nitrogens with one attached hydrogen (secondary N) is 1. The van der Waals surface area contributed by atoms with Crippen molar-refractivity contribution in [2.45, 2.75) is 39.5 Å². The molecule has 39 heavy (non-hydrogen) atoms. The van der Waals surface area contributed by atoms with Gasteiger partial charge in [-0.15, -0.1) is 0 Å². The van der Waals surface area contributed by atoms with Crippen LogP contribution in [0.15, 0.2) is 82.8 Å². The molecule has 9 heteroatoms. The van der Waals surface area contributed by atoms with E-state index in [4.69, 9.17) is 11.6 Å². The van der Waals surface area contributed by atoms with E-state index in [9.17, 15) is 13.2 Å². The third-order valence-corrected chi connectivity index (χ3v) is 8.87. The Balaban J connectivity index is 1.56. The van der Waals surface area contributed by atoms with E-state index in [1.807, 2.05) is 26.8 Å². The molecule has 1 N–H and O–H groups in total. The van der Waals surface area contributed by atoms with Crippen LogP contribution in [-0.2, 0) is 14.8 Å². The number of hydrogen-bond donors (Lipinski definition) is 1. The van der Waals surface area contributed by atoms with Gasteiger partial charge in [0.15, 0.2) is 0 Å². The number of carbonyl (C=O) groups is 1. The number of nitrogens with zero attached hydrogens (tertiary/aromatic N) is 3. The van der Waals surface area contributed by atoms with E-state index in [0.29, 0.717) is 5.02 Å². The summed E-state index contributed by atoms with van der Waals surface area (Å²) < 4.78 is 30.1. The molecular formula is C30H31ClN4O3S. The maximum absolute atomic E-state index is 13.5. The van der Waals surface area contributed by atoms with Crippen molar-refractivity contribution in [3.05, 3.63) is 111 Å². The summed E-state index contributed by atoms with van der Waals surface area (Å²) in [6, 6.07) is 21.1. The van der Waals surface area contributed by atoms with Crippen LogP contribution in [0.2, 0.25) is 5.02 Å². The quantitative estimate of drug-likeness (QED) is 0.210. The Labute approximate surface area is 234 Å². The number of benzene rings is 3. The Morgan fingerprint density at radius 2 is 1.62 bits per heavy atom. The van der Waals surface area contributed by atoms with Crippen LogP contribution in [0.4, 0.5) is 5.69 Å². The molecule has 0 saturated heterocycles. The number of hydrazone groups is 1. The number of rotatable bonds is 8. The highest BCUT2D eigenvalue weighted by atomic mass is 35.5. The lowest BCUT2D eigenvalue weighted by molar-refractivity contribution is -0.119. The lowest BCUT2D eigenvalue weighted by Crippen LogP contribution is -2.39. The number of sulfonamides is 1. The maximum Gasteiger partial charge on any atom is 0.264 e. The molecule has 0 atom stereocenters. The standard InChI is InChI=1S/C30H31ClN4O3S/c1-20-11-14-27(15-22(20)3)35-23(4)16-25(24(35)5)18-32-33-30(36)19-34(26-13-12-21(2)29(31)17-26)39(37,38)28-9-7-6-8-10-28/h6-18H,19H2,1-5H3,(H,33,36)/b32-18-. The Morgan fingerprint density at radius 3 is 2.28 bits per heavy atom. The van der Waals surface area contributed by atoms with Crippen molar-refractivity contribution in [3.63, 3.8) is 0 Å². The minimum atomic E-state index is -4.04. The molecule has 0 aliphatic rings. The van der Waals surface area contributed by atoms with Gasteiger partial charge < -0.3 is 4.57 Å². The number of aromatic nitrogens is 1. The zero-order chi connectivity index (χ0) is 28.3. The Morgan fingerprint density at radius 1 is 0.923 bits per heavy atom. The number of aryl methyl sites for hydroxylation is 4. The Hall–Kier alpha value is -3.88. The fourth-order valence-electron chi connectivity index (χ4n) is 4.29. The molecule has 4 aromatic rings. The van der Waals surface area contributed by atoms with Gasteiger partial charge in [-0.25, -0.2) is 13.8 Å². The van der Waals surface area contributed by atoms with E-state index < -0.39 is 22.5 Å². The smallest absolute Gasteiger partial charge is 0.264 e. The van der Waals surface area contributed by atoms with Gasteiger partial charge in [-0.3, -0.25) is 9.10 Å². The van der Waals surface area contributed by atoms with Crippen LogP contribution in [0.25, 0.3) is 5.69 Å². The molecule has 0 unspecified atom stereocenters. The molecule has 202 valence electrons. The predicted molar refractivity (Wildman–Crippen MR) is 158 cm³/mol. The second-order valence-corrected chi connectivity index (χ2v) is 11.8. The van der Waals surface area contributed by atoms with Gasteiger partial charge in [0, 0.05) is 27.7 Å². The molecule has 1 aromatic heterocycles. The number of amides is 1. The molecule has 0 aliphatic heterocycles. The highest BCUT2D eigenvalue weighted by Crippen LogP contribution is 2.28. The molecule has 0 fully saturated rings. The first-order chi connectivity index (χ1) is 18.5. The lowest BCUT2D eigenvalue weighted by atomic mass is 10.1. The van der Waals surface area contributed by atoms with E-state index in [-0.39, 0.29) is 10.6 Å². The summed E-state index contributed by atoms with van der Waals surface area (Å²) >= 11 is 6.28. The summed E-state index contributed by atoms with van der Waals surface area (Å²) in [6.07, 6.45) is 1.57. The molecule has 0 saturated carbocycles. The fraction of sp³-hybridized carbons (Fsp3) is 0.200. The first-order valence-corrected chi connectivity index (χ1v) is 14.2. The van der Waals surface area contributed by atoms with Crippen LogP contribution in [0.1, 0.15) is 33.6 Å². The van der Waals surface area contributed by atoms with E-state index in [2.05, 4.69) is 47.1 Å². The van der Waals surface area contributed by atoms with Crippen LogP contribution in [0, 0.1) is 34.6 Å². The third kappa shape index (κ3) is 6.08. The van der Waals surface area contributed by atoms with Crippen molar-refractivity contribution in [1.82, 2.24) is 9.99 Å². The molecule has 1 amide bonds. The summed E-state index contributed by atoms with van der Waals surface area (Å²) in [5.74, 6) is -0.592. The number of hydrogen-bond acceptors (Lipinski definition) is 4. The van der Waals surface area contributed by atoms with Gasteiger partial charge in [0.2, 0.25) is 0 Å². The fourth-order valence-corrected chi connectivity index (χ4v) is 5.90. The molecule has 0 radical (unpaired) electrons. The maximum atomic E-state index is 13.5. The van der Waals surface area contributed by atoms with Crippen LogP contribution < -0.4 is 9.73 Å². The van der Waals surface area contributed by atoms with Crippen LogP contribution in [0.5, 0.6) is 0 Å². The van der Waals surface area contributed by atoms with Gasteiger partial charge in [0.05, 0.1) is 16.8 Å². The average Bonchev–Trinajstić information content (AvgIpc) is 3.19. The van der Waals surface area contributed by atoms with Gasteiger partial charge in [-0.05, 0) is 93.8 Å². The van der Waals surface area contributed by atoms with Crippen LogP contribution in [-0.4, -0.2) is 31.7 Å². The van der Waals surface area contributed by atoms with Crippen molar-refractivity contribution >= 4 is 39.4 Å². The van der Waals surface area contributed by atoms with E-state index in [0.717, 1.165) is 32.5 Å². The van der Waals surface area contributed by atoms with E-state index in [1.54, 1.807) is 36.5 Å². The molecular weight excluding hydrogens is 532 g/mol. The minimum Gasteiger partial charge on any atom is -0.318 e. The minimum absolute atomic E-state index is 0.0665. The number of anilines is 1. The van der Waals surface area contributed by atoms with Gasteiger partial charge in [0.1, 0.15) is 6.54 Å². The molecule has 1 heterocycles. The third-order valence-electron chi connectivity index (χ3n) is 6.67. The van der Waals surface area contributed by atoms with Gasteiger partial charge >= 0.3 is 0 Å². The molecule has 0 spiro atoms. The Bertz CT molecular complexity index is 1660. The van der Waals surface area contributed by atoms with Gasteiger partial charge in [-0.2, -0.15) is 5.10 Å². The second kappa shape index (κ2) is 11.5. The normalized spacial score (nSPS) is 11.6. The van der Waals surface area contributed by atoms with Crippen molar-refractivity contribution in [3.8, 4) is 5.69 Å². The molecule has 0 aliphatic carbocycles. The van der Waals surface area contributed by atoms with Crippen molar-refractivity contribution in [2.24, 2.45) is 5.10 Å². The summed E-state index contributed by atoms with van der Waals surface area (Å²) in [5, 5.41) is 4.53. The van der Waals surface area contributed by atoms with Gasteiger partial charge in [-0.1, -0.05) is 41.9 Å². The first kappa shape index (κ1) is 28.1. The zero-order valence-electron chi connectivity index (χ0n) is 22.6. The van der Waals surface area contributed by atoms with Gasteiger partial charge in [0.25, 0.3) is 15.9 Å². The molecule has 3 aromatic carbocycles. The monoisotopic (exact) mass is 562 g/mol. The summed E-state index contributed by atoms with van der Waals surface area (Å²) in [7, 11) is -4.04. The molecule has 7 nitrogen and oxygen atoms in total. The zero-order valence-corrected chi connectivity index (χ0v) is 24.1. The predicted octanol–water partition coefficient (Wildman–Crippen LogP) is 6.02. The van der Waals surface area contributed by atoms with E-state index >= 15 is 0 Å². The lowest BCUT2D eigenvalue weighted by Gasteiger charge is -2.24. The van der Waals surface area contributed by atoms with Crippen LogP contribution >= 0.6 is 11.6 Å². The summed E-state index contributed by atoms with van der Waals surface area (Å²) in [4.78, 5) is 13.0. The SMILES string of the molecule is Cc1ccc(-n2c(C)cc(/C=N\NC(=O)CN(c3ccc(C)c(Cl)c3)S(=O)(=O)c3ccccc3)c2C)cc1C. The summed E-state index contributed by atoms with van der Waals surface area (Å²) in [5.41, 5.74) is 9.87. The largest absolute Gasteiger partial charge is 0.318 e. The Kier molecular flexibility index (Phi) is 8.28. The summed E-state index contributed by atoms with van der Waals surface area (Å²) in [6.45, 7) is 9.50. The number of halogens is 1. The number of carbonyl (C=O) groups excluding carboxylic acids is 1. The molecule has 4 rings (SSSR count). The highest BCUT2D eigenvalue weighted by molar-refractivity contribution is 7.92. The molecule has 0 bridgehead atoms.